The third kappa shape index (κ3) is 3.49. The first kappa shape index (κ1) is 16.3. The summed E-state index contributed by atoms with van der Waals surface area (Å²) in [6, 6.07) is 15.1. The Balaban J connectivity index is 1.77. The van der Waals surface area contributed by atoms with E-state index in [9.17, 15) is 4.21 Å². The zero-order valence-corrected chi connectivity index (χ0v) is 14.3. The molecule has 5 nitrogen and oxygen atoms in total. The molecule has 1 heterocycles. The molecular weight excluding hydrogens is 324 g/mol. The molecule has 0 radical (unpaired) electrons. The van der Waals surface area contributed by atoms with Crippen LogP contribution in [0, 0.1) is 0 Å². The summed E-state index contributed by atoms with van der Waals surface area (Å²) in [5.41, 5.74) is 1.88. The average Bonchev–Trinajstić information content (AvgIpc) is 3.10. The largest absolute Gasteiger partial charge is 0.493 e. The summed E-state index contributed by atoms with van der Waals surface area (Å²) in [6.45, 7) is 0. The van der Waals surface area contributed by atoms with Gasteiger partial charge in [0.15, 0.2) is 11.5 Å². The molecule has 0 N–H and O–H groups in total. The lowest BCUT2D eigenvalue weighted by Crippen LogP contribution is -1.98. The van der Waals surface area contributed by atoms with Gasteiger partial charge >= 0.3 is 0 Å². The predicted molar refractivity (Wildman–Crippen MR) is 93.2 cm³/mol. The van der Waals surface area contributed by atoms with E-state index in [2.05, 4.69) is 5.10 Å². The van der Waals surface area contributed by atoms with Crippen molar-refractivity contribution < 1.29 is 13.7 Å². The van der Waals surface area contributed by atoms with Crippen LogP contribution in [0.1, 0.15) is 5.56 Å². The van der Waals surface area contributed by atoms with Gasteiger partial charge in [0.2, 0.25) is 0 Å². The number of aromatic nitrogens is 2. The van der Waals surface area contributed by atoms with E-state index in [0.717, 1.165) is 11.3 Å². The topological polar surface area (TPSA) is 53.3 Å². The summed E-state index contributed by atoms with van der Waals surface area (Å²) in [6.07, 6.45) is 3.64. The van der Waals surface area contributed by atoms with Crippen molar-refractivity contribution in [1.29, 1.82) is 0 Å². The van der Waals surface area contributed by atoms with E-state index < -0.39 is 10.8 Å². The maximum atomic E-state index is 12.6. The van der Waals surface area contributed by atoms with Crippen molar-refractivity contribution in [3.8, 4) is 17.2 Å². The SMILES string of the molecule is COc1ccc([S@](=O)Cc2cnn(-c3ccccc3)c2)cc1OC. The Labute approximate surface area is 143 Å². The van der Waals surface area contributed by atoms with E-state index in [0.29, 0.717) is 22.1 Å². The van der Waals surface area contributed by atoms with Gasteiger partial charge in [0.25, 0.3) is 0 Å². The van der Waals surface area contributed by atoms with Crippen molar-refractivity contribution in [2.75, 3.05) is 14.2 Å². The first-order valence-electron chi connectivity index (χ1n) is 7.40. The molecule has 1 aromatic heterocycles. The van der Waals surface area contributed by atoms with Gasteiger partial charge < -0.3 is 9.47 Å². The van der Waals surface area contributed by atoms with Crippen LogP contribution in [0.5, 0.6) is 11.5 Å². The Hall–Kier alpha value is -2.60. The highest BCUT2D eigenvalue weighted by Gasteiger charge is 2.11. The van der Waals surface area contributed by atoms with Crippen molar-refractivity contribution in [1.82, 2.24) is 9.78 Å². The second-order valence-corrected chi connectivity index (χ2v) is 6.59. The third-order valence-corrected chi connectivity index (χ3v) is 4.95. The highest BCUT2D eigenvalue weighted by Crippen LogP contribution is 2.29. The number of nitrogens with zero attached hydrogens (tertiary/aromatic N) is 2. The van der Waals surface area contributed by atoms with Gasteiger partial charge in [-0.05, 0) is 24.3 Å². The predicted octanol–water partition coefficient (Wildman–Crippen LogP) is 3.20. The van der Waals surface area contributed by atoms with Gasteiger partial charge in [-0.25, -0.2) is 4.68 Å². The lowest BCUT2D eigenvalue weighted by Gasteiger charge is -2.09. The van der Waals surface area contributed by atoms with E-state index in [1.54, 1.807) is 43.3 Å². The fraction of sp³-hybridized carbons (Fsp3) is 0.167. The highest BCUT2D eigenvalue weighted by atomic mass is 32.2. The molecule has 0 aliphatic carbocycles. The summed E-state index contributed by atoms with van der Waals surface area (Å²) in [5.74, 6) is 1.58. The number of ether oxygens (including phenoxy) is 2. The Morgan fingerprint density at radius 2 is 1.79 bits per heavy atom. The minimum Gasteiger partial charge on any atom is -0.493 e. The molecule has 3 aromatic rings. The Kier molecular flexibility index (Phi) is 4.96. The Bertz CT molecular complexity index is 846. The second-order valence-electron chi connectivity index (χ2n) is 5.14. The van der Waals surface area contributed by atoms with E-state index in [4.69, 9.17) is 9.47 Å². The van der Waals surface area contributed by atoms with Crippen LogP contribution < -0.4 is 9.47 Å². The summed E-state index contributed by atoms with van der Waals surface area (Å²) in [7, 11) is 1.95. The minimum absolute atomic E-state index is 0.391. The first-order valence-corrected chi connectivity index (χ1v) is 8.72. The van der Waals surface area contributed by atoms with E-state index >= 15 is 0 Å². The van der Waals surface area contributed by atoms with Crippen LogP contribution in [0.15, 0.2) is 65.8 Å². The quantitative estimate of drug-likeness (QED) is 0.690. The number of rotatable bonds is 6. The van der Waals surface area contributed by atoms with Crippen LogP contribution in [-0.2, 0) is 16.6 Å². The molecule has 3 rings (SSSR count). The maximum Gasteiger partial charge on any atom is 0.161 e. The maximum absolute atomic E-state index is 12.6. The van der Waals surface area contributed by atoms with Crippen LogP contribution in [0.2, 0.25) is 0 Å². The fourth-order valence-electron chi connectivity index (χ4n) is 2.35. The van der Waals surface area contributed by atoms with Gasteiger partial charge in [0.1, 0.15) is 0 Å². The van der Waals surface area contributed by atoms with E-state index in [1.165, 1.54) is 0 Å². The lowest BCUT2D eigenvalue weighted by molar-refractivity contribution is 0.354. The van der Waals surface area contributed by atoms with Crippen LogP contribution in [0.4, 0.5) is 0 Å². The summed E-state index contributed by atoms with van der Waals surface area (Å²) >= 11 is 0. The number of benzene rings is 2. The molecule has 0 bridgehead atoms. The van der Waals surface area contributed by atoms with Gasteiger partial charge in [-0.15, -0.1) is 0 Å². The van der Waals surface area contributed by atoms with Crippen molar-refractivity contribution in [3.63, 3.8) is 0 Å². The van der Waals surface area contributed by atoms with Gasteiger partial charge in [0, 0.05) is 22.7 Å². The monoisotopic (exact) mass is 342 g/mol. The Morgan fingerprint density at radius 1 is 1.04 bits per heavy atom. The standard InChI is InChI=1S/C18H18N2O3S/c1-22-17-9-8-16(10-18(17)23-2)24(21)13-14-11-19-20(12-14)15-6-4-3-5-7-15/h3-12H,13H2,1-2H3/t24-/m1/s1. The fourth-order valence-corrected chi connectivity index (χ4v) is 3.43. The van der Waals surface area contributed by atoms with Gasteiger partial charge in [-0.3, -0.25) is 4.21 Å². The third-order valence-electron chi connectivity index (χ3n) is 3.57. The van der Waals surface area contributed by atoms with Crippen LogP contribution in [-0.4, -0.2) is 28.2 Å². The lowest BCUT2D eigenvalue weighted by atomic mass is 10.3. The minimum atomic E-state index is -1.19. The van der Waals surface area contributed by atoms with E-state index in [1.807, 2.05) is 36.5 Å². The Morgan fingerprint density at radius 3 is 2.50 bits per heavy atom. The van der Waals surface area contributed by atoms with Gasteiger partial charge in [-0.2, -0.15) is 5.10 Å². The highest BCUT2D eigenvalue weighted by molar-refractivity contribution is 7.84. The summed E-state index contributed by atoms with van der Waals surface area (Å²) in [5, 5.41) is 4.33. The number of para-hydroxylation sites is 1. The zero-order valence-electron chi connectivity index (χ0n) is 13.5. The molecule has 0 aliphatic rings. The molecule has 6 heteroatoms. The number of methoxy groups -OCH3 is 2. The molecule has 24 heavy (non-hydrogen) atoms. The smallest absolute Gasteiger partial charge is 0.161 e. The van der Waals surface area contributed by atoms with Gasteiger partial charge in [0.05, 0.1) is 42.7 Å². The molecule has 0 spiro atoms. The average molecular weight is 342 g/mol. The number of hydrogen-bond donors (Lipinski definition) is 0. The van der Waals surface area contributed by atoms with Crippen LogP contribution in [0.25, 0.3) is 5.69 Å². The molecule has 0 amide bonds. The van der Waals surface area contributed by atoms with Gasteiger partial charge in [-0.1, -0.05) is 18.2 Å². The molecule has 0 fully saturated rings. The molecule has 124 valence electrons. The summed E-state index contributed by atoms with van der Waals surface area (Å²) in [4.78, 5) is 0.695. The molecule has 1 atom stereocenters. The van der Waals surface area contributed by atoms with Crippen molar-refractivity contribution in [2.24, 2.45) is 0 Å². The molecule has 0 saturated carbocycles. The first-order chi connectivity index (χ1) is 11.7. The molecule has 0 aliphatic heterocycles. The zero-order chi connectivity index (χ0) is 16.9. The summed E-state index contributed by atoms with van der Waals surface area (Å²) < 4.78 is 24.9. The van der Waals surface area contributed by atoms with Crippen LogP contribution in [0.3, 0.4) is 0 Å². The molecule has 0 unspecified atom stereocenters. The molecular formula is C18H18N2O3S. The van der Waals surface area contributed by atoms with Crippen molar-refractivity contribution >= 4 is 10.8 Å². The van der Waals surface area contributed by atoms with E-state index in [-0.39, 0.29) is 0 Å². The van der Waals surface area contributed by atoms with Crippen LogP contribution >= 0.6 is 0 Å². The molecule has 2 aromatic carbocycles. The van der Waals surface area contributed by atoms with Crippen molar-refractivity contribution in [2.45, 2.75) is 10.6 Å². The van der Waals surface area contributed by atoms with Crippen molar-refractivity contribution in [3.05, 3.63) is 66.5 Å². The normalized spacial score (nSPS) is 11.9. The molecule has 0 saturated heterocycles. The number of hydrogen-bond acceptors (Lipinski definition) is 4. The second kappa shape index (κ2) is 7.31.